The minimum absolute atomic E-state index is 0.188. The molecule has 0 radical (unpaired) electrons. The zero-order chi connectivity index (χ0) is 13.9. The van der Waals surface area contributed by atoms with Gasteiger partial charge in [0, 0.05) is 6.92 Å². The van der Waals surface area contributed by atoms with Crippen molar-refractivity contribution in [3.63, 3.8) is 0 Å². The summed E-state index contributed by atoms with van der Waals surface area (Å²) in [5.41, 5.74) is -1.70. The van der Waals surface area contributed by atoms with Crippen LogP contribution in [0.5, 0.6) is 5.75 Å². The van der Waals surface area contributed by atoms with E-state index in [9.17, 15) is 20.0 Å². The summed E-state index contributed by atoms with van der Waals surface area (Å²) in [6, 6.07) is 2.79. The average Bonchev–Trinajstić information content (AvgIpc) is 2.27. The van der Waals surface area contributed by atoms with Crippen LogP contribution in [-0.2, 0) is 4.79 Å². The zero-order valence-electron chi connectivity index (χ0n) is 9.78. The molecule has 1 aromatic heterocycles. The summed E-state index contributed by atoms with van der Waals surface area (Å²) in [5.74, 6) is -2.19. The summed E-state index contributed by atoms with van der Waals surface area (Å²) in [6.07, 6.45) is 0. The number of nitro groups is 1. The van der Waals surface area contributed by atoms with Gasteiger partial charge < -0.3 is 25.1 Å². The van der Waals surface area contributed by atoms with Gasteiger partial charge in [0.1, 0.15) is 12.3 Å². The Kier molecular flexibility index (Phi) is 3.82. The molecular formula is C10H12N2O6. The first kappa shape index (κ1) is 13.8. The van der Waals surface area contributed by atoms with E-state index in [1.165, 1.54) is 12.1 Å². The van der Waals surface area contributed by atoms with E-state index in [2.05, 4.69) is 4.98 Å². The predicted molar refractivity (Wildman–Crippen MR) is 59.4 cm³/mol. The van der Waals surface area contributed by atoms with Crippen molar-refractivity contribution in [2.75, 3.05) is 6.61 Å². The second-order valence-electron chi connectivity index (χ2n) is 3.90. The molecule has 98 valence electrons. The summed E-state index contributed by atoms with van der Waals surface area (Å²) in [5, 5.41) is 28.8. The molecule has 0 fully saturated rings. The van der Waals surface area contributed by atoms with Crippen molar-refractivity contribution < 1.29 is 24.7 Å². The lowest BCUT2D eigenvalue weighted by Crippen LogP contribution is -2.41. The minimum atomic E-state index is -2.13. The largest absolute Gasteiger partial charge is 0.482 e. The van der Waals surface area contributed by atoms with Crippen LogP contribution in [0, 0.1) is 17.0 Å². The Bertz CT molecular complexity index is 485. The maximum Gasteiger partial charge on any atom is 0.406 e. The highest BCUT2D eigenvalue weighted by atomic mass is 16.6. The molecule has 8 heteroatoms. The summed E-state index contributed by atoms with van der Waals surface area (Å²) in [6.45, 7) is 1.99. The Morgan fingerprint density at radius 3 is 2.72 bits per heavy atom. The van der Waals surface area contributed by atoms with Gasteiger partial charge in [-0.1, -0.05) is 0 Å². The number of hydrogen-bond donors (Lipinski definition) is 2. The number of rotatable bonds is 5. The van der Waals surface area contributed by atoms with Crippen molar-refractivity contribution in [2.45, 2.75) is 19.4 Å². The average molecular weight is 256 g/mol. The highest BCUT2D eigenvalue weighted by Gasteiger charge is 2.32. The van der Waals surface area contributed by atoms with Gasteiger partial charge in [-0.2, -0.15) is 0 Å². The van der Waals surface area contributed by atoms with Gasteiger partial charge in [0.15, 0.2) is 5.60 Å². The quantitative estimate of drug-likeness (QED) is 0.581. The van der Waals surface area contributed by atoms with Crippen LogP contribution < -0.4 is 4.74 Å². The SMILES string of the molecule is Cc1ccc(OCC(C)(O)C(=O)O)c([N+](=O)[O-])n1. The van der Waals surface area contributed by atoms with E-state index in [-0.39, 0.29) is 5.75 Å². The van der Waals surface area contributed by atoms with Gasteiger partial charge in [-0.25, -0.2) is 4.79 Å². The van der Waals surface area contributed by atoms with Gasteiger partial charge >= 0.3 is 11.8 Å². The van der Waals surface area contributed by atoms with Crippen molar-refractivity contribution in [1.29, 1.82) is 0 Å². The van der Waals surface area contributed by atoms with Gasteiger partial charge in [-0.3, -0.25) is 0 Å². The van der Waals surface area contributed by atoms with Crippen molar-refractivity contribution >= 4 is 11.8 Å². The topological polar surface area (TPSA) is 123 Å². The Labute approximate surface area is 102 Å². The van der Waals surface area contributed by atoms with Crippen molar-refractivity contribution in [1.82, 2.24) is 4.98 Å². The van der Waals surface area contributed by atoms with E-state index in [0.717, 1.165) is 6.92 Å². The molecule has 1 unspecified atom stereocenters. The number of aryl methyl sites for hydroxylation is 1. The molecule has 0 aromatic carbocycles. The maximum absolute atomic E-state index is 10.7. The molecule has 0 aliphatic heterocycles. The van der Waals surface area contributed by atoms with Gasteiger partial charge in [0.2, 0.25) is 5.75 Å². The van der Waals surface area contributed by atoms with Gasteiger partial charge in [-0.05, 0) is 29.0 Å². The van der Waals surface area contributed by atoms with Crippen LogP contribution in [0.2, 0.25) is 0 Å². The fourth-order valence-electron chi connectivity index (χ4n) is 1.05. The Hall–Kier alpha value is -2.22. The molecule has 1 atom stereocenters. The lowest BCUT2D eigenvalue weighted by atomic mass is 10.1. The lowest BCUT2D eigenvalue weighted by Gasteiger charge is -2.17. The third-order valence-corrected chi connectivity index (χ3v) is 2.12. The maximum atomic E-state index is 10.7. The molecule has 2 N–H and O–H groups in total. The second-order valence-corrected chi connectivity index (χ2v) is 3.90. The van der Waals surface area contributed by atoms with E-state index < -0.39 is 28.9 Å². The van der Waals surface area contributed by atoms with Gasteiger partial charge in [0.25, 0.3) is 0 Å². The fraction of sp³-hybridized carbons (Fsp3) is 0.400. The summed E-state index contributed by atoms with van der Waals surface area (Å²) in [4.78, 5) is 24.3. The van der Waals surface area contributed by atoms with Crippen LogP contribution in [0.15, 0.2) is 12.1 Å². The third-order valence-electron chi connectivity index (χ3n) is 2.12. The number of carboxylic acid groups (broad SMARTS) is 1. The number of aromatic nitrogens is 1. The minimum Gasteiger partial charge on any atom is -0.482 e. The number of pyridine rings is 1. The van der Waals surface area contributed by atoms with E-state index in [1.807, 2.05) is 0 Å². The monoisotopic (exact) mass is 256 g/mol. The molecule has 0 amide bonds. The molecule has 18 heavy (non-hydrogen) atoms. The van der Waals surface area contributed by atoms with Crippen molar-refractivity contribution in [3.05, 3.63) is 27.9 Å². The van der Waals surface area contributed by atoms with E-state index in [4.69, 9.17) is 9.84 Å². The smallest absolute Gasteiger partial charge is 0.406 e. The van der Waals surface area contributed by atoms with Crippen LogP contribution >= 0.6 is 0 Å². The number of carbonyl (C=O) groups is 1. The third kappa shape index (κ3) is 3.14. The summed E-state index contributed by atoms with van der Waals surface area (Å²) >= 11 is 0. The molecule has 0 spiro atoms. The molecule has 0 saturated carbocycles. The Balaban J connectivity index is 2.92. The lowest BCUT2D eigenvalue weighted by molar-refractivity contribution is -0.390. The van der Waals surface area contributed by atoms with Gasteiger partial charge in [0.05, 0.1) is 0 Å². The van der Waals surface area contributed by atoms with Crippen LogP contribution in [0.1, 0.15) is 12.6 Å². The molecule has 1 heterocycles. The van der Waals surface area contributed by atoms with Crippen LogP contribution in [0.25, 0.3) is 0 Å². The fourth-order valence-corrected chi connectivity index (χ4v) is 1.05. The van der Waals surface area contributed by atoms with Crippen molar-refractivity contribution in [2.24, 2.45) is 0 Å². The molecule has 8 nitrogen and oxygen atoms in total. The molecule has 0 bridgehead atoms. The van der Waals surface area contributed by atoms with E-state index in [0.29, 0.717) is 5.69 Å². The van der Waals surface area contributed by atoms with E-state index in [1.54, 1.807) is 6.92 Å². The Morgan fingerprint density at radius 1 is 1.61 bits per heavy atom. The molecule has 0 saturated heterocycles. The molecule has 0 aliphatic carbocycles. The first-order valence-corrected chi connectivity index (χ1v) is 4.94. The normalized spacial score (nSPS) is 13.7. The first-order chi connectivity index (χ1) is 8.24. The number of hydrogen-bond acceptors (Lipinski definition) is 6. The first-order valence-electron chi connectivity index (χ1n) is 4.94. The zero-order valence-corrected chi connectivity index (χ0v) is 9.78. The molecule has 1 aromatic rings. The summed E-state index contributed by atoms with van der Waals surface area (Å²) in [7, 11) is 0. The summed E-state index contributed by atoms with van der Waals surface area (Å²) < 4.78 is 4.94. The van der Waals surface area contributed by atoms with Crippen molar-refractivity contribution in [3.8, 4) is 5.75 Å². The van der Waals surface area contributed by atoms with Gasteiger partial charge in [-0.15, -0.1) is 0 Å². The molecule has 1 rings (SSSR count). The van der Waals surface area contributed by atoms with Crippen LogP contribution in [-0.4, -0.2) is 38.3 Å². The molecule has 0 aliphatic rings. The standard InChI is InChI=1S/C10H12N2O6/c1-6-3-4-7(8(11-6)12(16)17)18-5-10(2,15)9(13)14/h3-4,15H,5H2,1-2H3,(H,13,14). The second kappa shape index (κ2) is 4.96. The Morgan fingerprint density at radius 2 is 2.22 bits per heavy atom. The van der Waals surface area contributed by atoms with Crippen LogP contribution in [0.3, 0.4) is 0 Å². The number of aliphatic hydroxyl groups is 1. The number of aliphatic carboxylic acids is 1. The molecular weight excluding hydrogens is 244 g/mol. The van der Waals surface area contributed by atoms with Crippen LogP contribution in [0.4, 0.5) is 5.82 Å². The number of carboxylic acids is 1. The van der Waals surface area contributed by atoms with E-state index >= 15 is 0 Å². The highest BCUT2D eigenvalue weighted by Crippen LogP contribution is 2.25. The number of nitrogens with zero attached hydrogens (tertiary/aromatic N) is 2. The highest BCUT2D eigenvalue weighted by molar-refractivity contribution is 5.76. The number of ether oxygens (including phenoxy) is 1. The predicted octanol–water partition coefficient (Wildman–Crippen LogP) is 0.513.